The van der Waals surface area contributed by atoms with Gasteiger partial charge in [0.25, 0.3) is 5.91 Å². The molecule has 0 aliphatic rings. The molecular formula is C22H28IN5O3. The predicted molar refractivity (Wildman–Crippen MR) is 133 cm³/mol. The highest BCUT2D eigenvalue weighted by Gasteiger charge is 2.07. The van der Waals surface area contributed by atoms with Crippen LogP contribution in [0.2, 0.25) is 0 Å². The molecule has 0 heterocycles. The number of halogens is 1. The van der Waals surface area contributed by atoms with Crippen LogP contribution in [0.3, 0.4) is 0 Å². The summed E-state index contributed by atoms with van der Waals surface area (Å²) < 4.78 is 5.67. The number of para-hydroxylation sites is 1. The summed E-state index contributed by atoms with van der Waals surface area (Å²) in [4.78, 5) is 26.9. The van der Waals surface area contributed by atoms with Gasteiger partial charge in [-0.05, 0) is 23.8 Å². The molecule has 0 unspecified atom stereocenters. The first-order valence-electron chi connectivity index (χ1n) is 9.45. The van der Waals surface area contributed by atoms with Crippen LogP contribution in [0.15, 0.2) is 66.2 Å². The minimum Gasteiger partial charge on any atom is -0.489 e. The number of hydrogen-bond acceptors (Lipinski definition) is 4. The van der Waals surface area contributed by atoms with Gasteiger partial charge in [-0.2, -0.15) is 0 Å². The molecule has 0 bridgehead atoms. The van der Waals surface area contributed by atoms with Gasteiger partial charge in [-0.25, -0.2) is 0 Å². The zero-order valence-corrected chi connectivity index (χ0v) is 19.7. The molecule has 2 amide bonds. The van der Waals surface area contributed by atoms with Gasteiger partial charge in [-0.1, -0.05) is 43.0 Å². The fourth-order valence-corrected chi connectivity index (χ4v) is 2.57. The van der Waals surface area contributed by atoms with Crippen LogP contribution in [-0.4, -0.2) is 38.0 Å². The van der Waals surface area contributed by atoms with Crippen molar-refractivity contribution >= 4 is 41.8 Å². The molecule has 0 aromatic heterocycles. The Labute approximate surface area is 199 Å². The Morgan fingerprint density at radius 1 is 1.06 bits per heavy atom. The molecule has 0 fully saturated rings. The number of ether oxygens (including phenoxy) is 1. The number of benzene rings is 2. The van der Waals surface area contributed by atoms with E-state index in [0.29, 0.717) is 31.2 Å². The molecule has 5 N–H and O–H groups in total. The standard InChI is InChI=1S/C22H27N5O3.HI/c1-3-12-30-19-7-5-4-6-18(19)14-27-22(24-2)26-13-16-8-10-17(11-9-16)21(29)25-15-20(23)28;/h3-11H,1,12-15H2,2H3,(H2,23,28)(H,25,29)(H2,24,26,27);1H. The van der Waals surface area contributed by atoms with Crippen molar-refractivity contribution in [2.24, 2.45) is 10.7 Å². The number of hydrogen-bond donors (Lipinski definition) is 4. The molecule has 166 valence electrons. The molecular weight excluding hydrogens is 509 g/mol. The van der Waals surface area contributed by atoms with Crippen molar-refractivity contribution in [3.05, 3.63) is 77.9 Å². The quantitative estimate of drug-likeness (QED) is 0.160. The minimum absolute atomic E-state index is 0. The summed E-state index contributed by atoms with van der Waals surface area (Å²) in [5, 5.41) is 8.94. The number of nitrogens with one attached hydrogen (secondary N) is 3. The van der Waals surface area contributed by atoms with Gasteiger partial charge in [-0.3, -0.25) is 14.6 Å². The van der Waals surface area contributed by atoms with Crippen molar-refractivity contribution < 1.29 is 14.3 Å². The highest BCUT2D eigenvalue weighted by atomic mass is 127. The lowest BCUT2D eigenvalue weighted by Gasteiger charge is -2.14. The Kier molecular flexibility index (Phi) is 11.7. The molecule has 31 heavy (non-hydrogen) atoms. The van der Waals surface area contributed by atoms with E-state index in [1.807, 2.05) is 36.4 Å². The van der Waals surface area contributed by atoms with Crippen LogP contribution < -0.4 is 26.4 Å². The first kappa shape index (κ1) is 26.0. The van der Waals surface area contributed by atoms with Crippen molar-refractivity contribution in [1.82, 2.24) is 16.0 Å². The van der Waals surface area contributed by atoms with Crippen molar-refractivity contribution in [1.29, 1.82) is 0 Å². The molecule has 2 aromatic carbocycles. The Morgan fingerprint density at radius 2 is 1.74 bits per heavy atom. The molecule has 0 aliphatic heterocycles. The molecule has 0 atom stereocenters. The Morgan fingerprint density at radius 3 is 2.39 bits per heavy atom. The van der Waals surface area contributed by atoms with Gasteiger partial charge in [0.15, 0.2) is 5.96 Å². The summed E-state index contributed by atoms with van der Waals surface area (Å²) >= 11 is 0. The lowest BCUT2D eigenvalue weighted by Crippen LogP contribution is -2.36. The van der Waals surface area contributed by atoms with Crippen LogP contribution in [0.1, 0.15) is 21.5 Å². The Bertz CT molecular complexity index is 900. The second-order valence-electron chi connectivity index (χ2n) is 6.33. The largest absolute Gasteiger partial charge is 0.489 e. The number of carbonyl (C=O) groups is 2. The molecule has 0 spiro atoms. The van der Waals surface area contributed by atoms with Crippen LogP contribution in [0.5, 0.6) is 5.75 Å². The van der Waals surface area contributed by atoms with Gasteiger partial charge in [0.2, 0.25) is 5.91 Å². The highest BCUT2D eigenvalue weighted by Crippen LogP contribution is 2.17. The van der Waals surface area contributed by atoms with Gasteiger partial charge < -0.3 is 26.4 Å². The first-order valence-corrected chi connectivity index (χ1v) is 9.45. The van der Waals surface area contributed by atoms with Crippen LogP contribution in [0, 0.1) is 0 Å². The molecule has 0 radical (unpaired) electrons. The maximum absolute atomic E-state index is 11.9. The van der Waals surface area contributed by atoms with E-state index in [4.69, 9.17) is 10.5 Å². The van der Waals surface area contributed by atoms with E-state index in [0.717, 1.165) is 16.9 Å². The van der Waals surface area contributed by atoms with Crippen LogP contribution >= 0.6 is 24.0 Å². The van der Waals surface area contributed by atoms with Crippen LogP contribution in [0.4, 0.5) is 0 Å². The second kappa shape index (κ2) is 14.0. The van der Waals surface area contributed by atoms with E-state index in [1.165, 1.54) is 0 Å². The second-order valence-corrected chi connectivity index (χ2v) is 6.33. The fraction of sp³-hybridized carbons (Fsp3) is 0.227. The van der Waals surface area contributed by atoms with E-state index in [1.54, 1.807) is 25.3 Å². The van der Waals surface area contributed by atoms with E-state index < -0.39 is 5.91 Å². The zero-order chi connectivity index (χ0) is 21.8. The smallest absolute Gasteiger partial charge is 0.251 e. The maximum atomic E-state index is 11.9. The number of aliphatic imine (C=N–C) groups is 1. The Balaban J connectivity index is 0.00000480. The van der Waals surface area contributed by atoms with Crippen molar-refractivity contribution in [3.63, 3.8) is 0 Å². The monoisotopic (exact) mass is 537 g/mol. The predicted octanol–water partition coefficient (Wildman–Crippen LogP) is 1.95. The number of primary amides is 1. The molecule has 0 aliphatic carbocycles. The Hall–Kier alpha value is -3.08. The summed E-state index contributed by atoms with van der Waals surface area (Å²) in [5.74, 6) is 0.503. The average molecular weight is 537 g/mol. The molecule has 2 rings (SSSR count). The summed E-state index contributed by atoms with van der Waals surface area (Å²) in [6.45, 7) is 5.00. The summed E-state index contributed by atoms with van der Waals surface area (Å²) in [5.41, 5.74) is 7.46. The van der Waals surface area contributed by atoms with E-state index in [9.17, 15) is 9.59 Å². The lowest BCUT2D eigenvalue weighted by molar-refractivity contribution is -0.117. The SMILES string of the molecule is C=CCOc1ccccc1CNC(=NC)NCc1ccc(C(=O)NCC(N)=O)cc1.I. The third-order valence-electron chi connectivity index (χ3n) is 4.10. The van der Waals surface area contributed by atoms with Crippen molar-refractivity contribution in [2.45, 2.75) is 13.1 Å². The number of carbonyl (C=O) groups excluding carboxylic acids is 2. The third-order valence-corrected chi connectivity index (χ3v) is 4.10. The topological polar surface area (TPSA) is 118 Å². The van der Waals surface area contributed by atoms with Gasteiger partial charge in [-0.15, -0.1) is 24.0 Å². The summed E-state index contributed by atoms with van der Waals surface area (Å²) in [7, 11) is 1.70. The summed E-state index contributed by atoms with van der Waals surface area (Å²) in [6.07, 6.45) is 1.71. The molecule has 8 nitrogen and oxygen atoms in total. The molecule has 0 saturated carbocycles. The van der Waals surface area contributed by atoms with Gasteiger partial charge in [0.1, 0.15) is 12.4 Å². The van der Waals surface area contributed by atoms with Gasteiger partial charge in [0.05, 0.1) is 6.54 Å². The van der Waals surface area contributed by atoms with Crippen LogP contribution in [0.25, 0.3) is 0 Å². The number of rotatable bonds is 10. The molecule has 0 saturated heterocycles. The van der Waals surface area contributed by atoms with Gasteiger partial charge in [0, 0.05) is 31.3 Å². The van der Waals surface area contributed by atoms with Gasteiger partial charge >= 0.3 is 0 Å². The maximum Gasteiger partial charge on any atom is 0.251 e. The number of guanidine groups is 1. The highest BCUT2D eigenvalue weighted by molar-refractivity contribution is 14.0. The number of nitrogens with two attached hydrogens (primary N) is 1. The fourth-order valence-electron chi connectivity index (χ4n) is 2.57. The summed E-state index contributed by atoms with van der Waals surface area (Å²) in [6, 6.07) is 14.8. The van der Waals surface area contributed by atoms with Crippen LogP contribution in [-0.2, 0) is 17.9 Å². The van der Waals surface area contributed by atoms with E-state index in [-0.39, 0.29) is 36.4 Å². The molecule has 2 aromatic rings. The van der Waals surface area contributed by atoms with Crippen molar-refractivity contribution in [2.75, 3.05) is 20.2 Å². The number of amides is 2. The average Bonchev–Trinajstić information content (AvgIpc) is 2.77. The number of nitrogens with zero attached hydrogens (tertiary/aromatic N) is 1. The first-order chi connectivity index (χ1) is 14.5. The minimum atomic E-state index is -0.585. The van der Waals surface area contributed by atoms with E-state index in [2.05, 4.69) is 27.5 Å². The van der Waals surface area contributed by atoms with E-state index >= 15 is 0 Å². The third kappa shape index (κ3) is 9.08. The molecule has 9 heteroatoms. The van der Waals surface area contributed by atoms with Crippen molar-refractivity contribution in [3.8, 4) is 5.75 Å². The lowest BCUT2D eigenvalue weighted by atomic mass is 10.1. The normalized spacial score (nSPS) is 10.4. The zero-order valence-electron chi connectivity index (χ0n) is 17.4.